The van der Waals surface area contributed by atoms with E-state index >= 15 is 0 Å². The van der Waals surface area contributed by atoms with Crippen LogP contribution in [-0.4, -0.2) is 36.1 Å². The third-order valence-electron chi connectivity index (χ3n) is 4.89. The molecule has 0 aromatic carbocycles. The maximum Gasteiger partial charge on any atom is 0.317 e. The molecule has 2 aliphatic rings. The van der Waals surface area contributed by atoms with Gasteiger partial charge in [-0.15, -0.1) is 0 Å². The Morgan fingerprint density at radius 1 is 1.21 bits per heavy atom. The number of hydrogen-bond acceptors (Lipinski definition) is 2. The smallest absolute Gasteiger partial charge is 0.317 e. The highest BCUT2D eigenvalue weighted by molar-refractivity contribution is 5.75. The van der Waals surface area contributed by atoms with Crippen molar-refractivity contribution in [3.05, 3.63) is 0 Å². The van der Waals surface area contributed by atoms with Crippen molar-refractivity contribution in [2.75, 3.05) is 19.6 Å². The van der Waals surface area contributed by atoms with Gasteiger partial charge in [0, 0.05) is 19.6 Å². The number of likely N-dealkylation sites (tertiary alicyclic amines) is 1. The number of urea groups is 1. The van der Waals surface area contributed by atoms with Crippen LogP contribution in [-0.2, 0) is 0 Å². The molecule has 0 bridgehead atoms. The zero-order valence-corrected chi connectivity index (χ0v) is 12.3. The third-order valence-corrected chi connectivity index (χ3v) is 4.89. The average Bonchev–Trinajstić information content (AvgIpc) is 2.71. The minimum atomic E-state index is -0.143. The van der Waals surface area contributed by atoms with Crippen LogP contribution in [0.3, 0.4) is 0 Å². The van der Waals surface area contributed by atoms with Gasteiger partial charge in [0.15, 0.2) is 0 Å². The fraction of sp³-hybridized carbons (Fsp3) is 0.933. The van der Waals surface area contributed by atoms with Crippen molar-refractivity contribution in [2.24, 2.45) is 11.7 Å². The topological polar surface area (TPSA) is 58.4 Å². The largest absolute Gasteiger partial charge is 0.331 e. The predicted octanol–water partition coefficient (Wildman–Crippen LogP) is 2.48. The van der Waals surface area contributed by atoms with Crippen LogP contribution in [0.4, 0.5) is 4.79 Å². The molecule has 2 rings (SSSR count). The first-order valence-corrected chi connectivity index (χ1v) is 7.92. The summed E-state index contributed by atoms with van der Waals surface area (Å²) < 4.78 is 0. The molecule has 1 aliphatic heterocycles. The molecule has 0 aromatic rings. The lowest BCUT2D eigenvalue weighted by Crippen LogP contribution is -2.58. The van der Waals surface area contributed by atoms with Crippen LogP contribution >= 0.6 is 0 Å². The molecule has 110 valence electrons. The van der Waals surface area contributed by atoms with E-state index in [0.29, 0.717) is 6.54 Å². The summed E-state index contributed by atoms with van der Waals surface area (Å²) in [6.45, 7) is 4.67. The molecular formula is C15H29N3O. The molecule has 0 unspecified atom stereocenters. The Balaban J connectivity index is 1.91. The van der Waals surface area contributed by atoms with E-state index in [-0.39, 0.29) is 11.6 Å². The van der Waals surface area contributed by atoms with Crippen LogP contribution in [0.5, 0.6) is 0 Å². The number of carbonyl (C=O) groups excluding carboxylic acids is 1. The molecule has 1 heterocycles. The fourth-order valence-electron chi connectivity index (χ4n) is 3.27. The summed E-state index contributed by atoms with van der Waals surface area (Å²) in [7, 11) is 0. The summed E-state index contributed by atoms with van der Waals surface area (Å²) >= 11 is 0. The minimum Gasteiger partial charge on any atom is -0.331 e. The fourth-order valence-corrected chi connectivity index (χ4v) is 3.27. The van der Waals surface area contributed by atoms with E-state index in [9.17, 15) is 4.79 Å². The van der Waals surface area contributed by atoms with Gasteiger partial charge in [0.2, 0.25) is 0 Å². The van der Waals surface area contributed by atoms with Gasteiger partial charge < -0.3 is 16.0 Å². The van der Waals surface area contributed by atoms with Crippen LogP contribution in [0.1, 0.15) is 58.3 Å². The molecule has 0 atom stereocenters. The highest BCUT2D eigenvalue weighted by Gasteiger charge is 2.35. The van der Waals surface area contributed by atoms with E-state index in [1.807, 2.05) is 4.90 Å². The van der Waals surface area contributed by atoms with Crippen molar-refractivity contribution in [1.82, 2.24) is 10.2 Å². The normalized spacial score (nSPS) is 32.7. The Labute approximate surface area is 117 Å². The van der Waals surface area contributed by atoms with Crippen LogP contribution in [0.15, 0.2) is 0 Å². The van der Waals surface area contributed by atoms with Crippen molar-refractivity contribution in [1.29, 1.82) is 0 Å². The summed E-state index contributed by atoms with van der Waals surface area (Å²) in [6.07, 6.45) is 9.20. The third kappa shape index (κ3) is 3.85. The van der Waals surface area contributed by atoms with Crippen molar-refractivity contribution >= 4 is 6.03 Å². The Kier molecular flexibility index (Phi) is 5.08. The predicted molar refractivity (Wildman–Crippen MR) is 78.0 cm³/mol. The summed E-state index contributed by atoms with van der Waals surface area (Å²) in [6, 6.07) is 0.113. The Hall–Kier alpha value is -0.770. The van der Waals surface area contributed by atoms with E-state index < -0.39 is 0 Å². The SMILES string of the molecule is CC1CCC(CN)(NC(=O)N2CCCCCC2)CC1. The van der Waals surface area contributed by atoms with Crippen LogP contribution < -0.4 is 11.1 Å². The van der Waals surface area contributed by atoms with E-state index in [4.69, 9.17) is 5.73 Å². The molecule has 3 N–H and O–H groups in total. The van der Waals surface area contributed by atoms with Crippen LogP contribution in [0.25, 0.3) is 0 Å². The molecule has 0 radical (unpaired) electrons. The second-order valence-electron chi connectivity index (χ2n) is 6.50. The van der Waals surface area contributed by atoms with Crippen LogP contribution in [0.2, 0.25) is 0 Å². The maximum absolute atomic E-state index is 12.4. The zero-order chi connectivity index (χ0) is 13.7. The lowest BCUT2D eigenvalue weighted by Gasteiger charge is -2.40. The van der Waals surface area contributed by atoms with Crippen molar-refractivity contribution < 1.29 is 4.79 Å². The van der Waals surface area contributed by atoms with Gasteiger partial charge in [-0.3, -0.25) is 0 Å². The van der Waals surface area contributed by atoms with Gasteiger partial charge in [0.25, 0.3) is 0 Å². The monoisotopic (exact) mass is 267 g/mol. The summed E-state index contributed by atoms with van der Waals surface area (Å²) in [5.74, 6) is 0.773. The second kappa shape index (κ2) is 6.60. The standard InChI is InChI=1S/C15H29N3O/c1-13-6-8-15(12-16,9-7-13)17-14(19)18-10-4-2-3-5-11-18/h13H,2-12,16H2,1H3,(H,17,19). The van der Waals surface area contributed by atoms with Gasteiger partial charge in [0.1, 0.15) is 0 Å². The first-order chi connectivity index (χ1) is 9.15. The number of nitrogens with two attached hydrogens (primary N) is 1. The second-order valence-corrected chi connectivity index (χ2v) is 6.50. The van der Waals surface area contributed by atoms with Gasteiger partial charge in [-0.25, -0.2) is 4.79 Å². The number of nitrogens with zero attached hydrogens (tertiary/aromatic N) is 1. The number of carbonyl (C=O) groups is 1. The Morgan fingerprint density at radius 3 is 2.32 bits per heavy atom. The number of hydrogen-bond donors (Lipinski definition) is 2. The lowest BCUT2D eigenvalue weighted by molar-refractivity contribution is 0.161. The molecule has 4 nitrogen and oxygen atoms in total. The summed E-state index contributed by atoms with van der Waals surface area (Å²) in [5.41, 5.74) is 5.82. The highest BCUT2D eigenvalue weighted by atomic mass is 16.2. The Bertz CT molecular complexity index is 290. The first-order valence-electron chi connectivity index (χ1n) is 7.92. The highest BCUT2D eigenvalue weighted by Crippen LogP contribution is 2.31. The molecule has 19 heavy (non-hydrogen) atoms. The maximum atomic E-state index is 12.4. The van der Waals surface area contributed by atoms with Gasteiger partial charge in [-0.05, 0) is 44.4 Å². The molecule has 1 aliphatic carbocycles. The van der Waals surface area contributed by atoms with Crippen molar-refractivity contribution in [3.63, 3.8) is 0 Å². The summed E-state index contributed by atoms with van der Waals surface area (Å²) in [5, 5.41) is 3.26. The average molecular weight is 267 g/mol. The molecular weight excluding hydrogens is 238 g/mol. The zero-order valence-electron chi connectivity index (χ0n) is 12.3. The van der Waals surface area contributed by atoms with Crippen LogP contribution in [0, 0.1) is 5.92 Å². The van der Waals surface area contributed by atoms with Crippen molar-refractivity contribution in [3.8, 4) is 0 Å². The number of nitrogens with one attached hydrogen (secondary N) is 1. The quantitative estimate of drug-likeness (QED) is 0.807. The van der Waals surface area contributed by atoms with Gasteiger partial charge in [-0.2, -0.15) is 0 Å². The van der Waals surface area contributed by atoms with E-state index in [1.165, 1.54) is 25.7 Å². The van der Waals surface area contributed by atoms with E-state index in [0.717, 1.165) is 44.7 Å². The molecule has 4 heteroatoms. The summed E-state index contributed by atoms with van der Waals surface area (Å²) in [4.78, 5) is 14.4. The number of amides is 2. The van der Waals surface area contributed by atoms with Gasteiger partial charge in [0.05, 0.1) is 5.54 Å². The Morgan fingerprint density at radius 2 is 1.79 bits per heavy atom. The molecule has 1 saturated heterocycles. The van der Waals surface area contributed by atoms with Gasteiger partial charge in [-0.1, -0.05) is 19.8 Å². The minimum absolute atomic E-state index is 0.113. The lowest BCUT2D eigenvalue weighted by atomic mass is 9.77. The molecule has 2 amide bonds. The molecule has 1 saturated carbocycles. The van der Waals surface area contributed by atoms with E-state index in [1.54, 1.807) is 0 Å². The van der Waals surface area contributed by atoms with Crippen molar-refractivity contribution in [2.45, 2.75) is 63.8 Å². The van der Waals surface area contributed by atoms with Gasteiger partial charge >= 0.3 is 6.03 Å². The van der Waals surface area contributed by atoms with E-state index in [2.05, 4.69) is 12.2 Å². The molecule has 0 aromatic heterocycles. The first kappa shape index (κ1) is 14.6. The molecule has 0 spiro atoms. The number of rotatable bonds is 2. The molecule has 2 fully saturated rings.